The summed E-state index contributed by atoms with van der Waals surface area (Å²) in [5, 5.41) is 13.4. The number of carbonyl (C=O) groups is 2. The van der Waals surface area contributed by atoms with Gasteiger partial charge in [0.25, 0.3) is 5.91 Å². The Morgan fingerprint density at radius 2 is 1.94 bits per heavy atom. The summed E-state index contributed by atoms with van der Waals surface area (Å²) in [5.74, 6) is -3.14. The van der Waals surface area contributed by atoms with Crippen LogP contribution in [0, 0.1) is 12.7 Å². The van der Waals surface area contributed by atoms with Crippen molar-refractivity contribution in [1.82, 2.24) is 9.72 Å². The number of hydrogen-bond acceptors (Lipinski definition) is 4. The molecule has 0 aliphatic heterocycles. The number of aliphatic carboxylic acids is 1. The van der Waals surface area contributed by atoms with Gasteiger partial charge in [0.15, 0.2) is 11.4 Å². The maximum Gasteiger partial charge on any atom is 0.328 e. The van der Waals surface area contributed by atoms with Crippen LogP contribution in [-0.2, 0) is 10.5 Å². The Morgan fingerprint density at radius 3 is 2.57 bits per heavy atom. The molecule has 0 amide bonds. The first-order chi connectivity index (χ1) is 16.4. The lowest BCUT2D eigenvalue weighted by Gasteiger charge is -2.14. The van der Waals surface area contributed by atoms with Crippen LogP contribution < -0.4 is 0 Å². The number of fused-ring (bicyclic) bond motifs is 1. The highest BCUT2D eigenvalue weighted by Crippen LogP contribution is 2.40. The van der Waals surface area contributed by atoms with Crippen LogP contribution >= 0.6 is 23.2 Å². The fraction of sp³-hybridized carbons (Fsp3) is 0.160. The smallest absolute Gasteiger partial charge is 0.328 e. The van der Waals surface area contributed by atoms with Gasteiger partial charge in [-0.3, -0.25) is 9.36 Å². The molecule has 0 fully saturated rings. The van der Waals surface area contributed by atoms with Gasteiger partial charge in [-0.15, -0.1) is 0 Å². The fourth-order valence-electron chi connectivity index (χ4n) is 3.92. The molecule has 1 N–H and O–H groups in total. The molecule has 0 aliphatic carbocycles. The Balaban J connectivity index is 1.98. The normalized spacial score (nSPS) is 12.1. The van der Waals surface area contributed by atoms with E-state index in [1.165, 1.54) is 38.1 Å². The van der Waals surface area contributed by atoms with E-state index in [1.807, 2.05) is 0 Å². The molecular formula is C25H18Cl2F2N2O4. The molecule has 0 aliphatic rings. The fourth-order valence-corrected chi connectivity index (χ4v) is 4.61. The van der Waals surface area contributed by atoms with Crippen molar-refractivity contribution < 1.29 is 28.0 Å². The highest BCUT2D eigenvalue weighted by Gasteiger charge is 2.36. The van der Waals surface area contributed by atoms with Gasteiger partial charge in [-0.1, -0.05) is 40.5 Å². The molecule has 2 aromatic heterocycles. The molecule has 10 heteroatoms. The average Bonchev–Trinajstić information content (AvgIpc) is 3.33. The van der Waals surface area contributed by atoms with E-state index in [2.05, 4.69) is 5.16 Å². The maximum absolute atomic E-state index is 15.1. The van der Waals surface area contributed by atoms with E-state index < -0.39 is 23.4 Å². The maximum atomic E-state index is 15.1. The first-order valence-electron chi connectivity index (χ1n) is 10.3. The number of carboxylic acids is 1. The first-order valence-corrected chi connectivity index (χ1v) is 11.1. The summed E-state index contributed by atoms with van der Waals surface area (Å²) < 4.78 is 36.4. The Morgan fingerprint density at radius 1 is 1.23 bits per heavy atom. The molecule has 0 bridgehead atoms. The summed E-state index contributed by atoms with van der Waals surface area (Å²) in [6.45, 7) is 4.10. The zero-order valence-electron chi connectivity index (χ0n) is 18.7. The van der Waals surface area contributed by atoms with E-state index in [4.69, 9.17) is 32.8 Å². The third kappa shape index (κ3) is 4.47. The summed E-state index contributed by atoms with van der Waals surface area (Å²) in [5.41, 5.74) is -1.07. The second kappa shape index (κ2) is 8.94. The Kier molecular flexibility index (Phi) is 6.29. The number of rotatable bonds is 5. The lowest BCUT2D eigenvalue weighted by atomic mass is 9.96. The average molecular weight is 519 g/mol. The van der Waals surface area contributed by atoms with Crippen molar-refractivity contribution in [2.24, 2.45) is 0 Å². The zero-order chi connectivity index (χ0) is 25.7. The van der Waals surface area contributed by atoms with Gasteiger partial charge in [0.1, 0.15) is 17.1 Å². The van der Waals surface area contributed by atoms with Crippen molar-refractivity contribution in [3.05, 3.63) is 80.9 Å². The Bertz CT molecular complexity index is 1510. The summed E-state index contributed by atoms with van der Waals surface area (Å²) in [6, 6.07) is 7.61. The molecule has 0 unspecified atom stereocenters. The van der Waals surface area contributed by atoms with E-state index in [-0.39, 0.29) is 38.5 Å². The van der Waals surface area contributed by atoms with E-state index in [9.17, 15) is 9.59 Å². The van der Waals surface area contributed by atoms with Crippen LogP contribution in [0.4, 0.5) is 8.78 Å². The van der Waals surface area contributed by atoms with Gasteiger partial charge in [-0.05, 0) is 56.2 Å². The standard InChI is InChI=1S/C25H18Cl2F2N2O4/c1-12-9-14(26)10-15(27)19(12)22-21(23(35-30-22)25(2,3)29)24(34)31-11-16(28)20-13(7-8-18(32)33)5-4-6-17(20)31/h4-11H,1-3H3,(H,32,33)/b8-7+. The van der Waals surface area contributed by atoms with E-state index in [0.717, 1.165) is 16.8 Å². The minimum Gasteiger partial charge on any atom is -0.478 e. The summed E-state index contributed by atoms with van der Waals surface area (Å²) >= 11 is 12.5. The molecular weight excluding hydrogens is 501 g/mol. The van der Waals surface area contributed by atoms with Gasteiger partial charge in [-0.2, -0.15) is 0 Å². The topological polar surface area (TPSA) is 85.3 Å². The van der Waals surface area contributed by atoms with Crippen molar-refractivity contribution in [2.45, 2.75) is 26.4 Å². The van der Waals surface area contributed by atoms with Crippen LogP contribution in [0.5, 0.6) is 0 Å². The van der Waals surface area contributed by atoms with Crippen molar-refractivity contribution >= 4 is 52.1 Å². The number of benzene rings is 2. The van der Waals surface area contributed by atoms with Crippen LogP contribution in [0.1, 0.15) is 41.1 Å². The molecule has 0 saturated heterocycles. The number of aromatic nitrogens is 2. The van der Waals surface area contributed by atoms with Gasteiger partial charge in [0, 0.05) is 28.2 Å². The molecule has 2 heterocycles. The quantitative estimate of drug-likeness (QED) is 0.286. The van der Waals surface area contributed by atoms with Gasteiger partial charge in [0.2, 0.25) is 0 Å². The van der Waals surface area contributed by atoms with Crippen molar-refractivity contribution in [2.75, 3.05) is 0 Å². The molecule has 4 rings (SSSR count). The highest BCUT2D eigenvalue weighted by atomic mass is 35.5. The molecule has 4 aromatic rings. The van der Waals surface area contributed by atoms with Crippen molar-refractivity contribution in [3.8, 4) is 11.3 Å². The number of carbonyl (C=O) groups excluding carboxylic acids is 1. The van der Waals surface area contributed by atoms with Crippen molar-refractivity contribution in [1.29, 1.82) is 0 Å². The predicted molar refractivity (Wildman–Crippen MR) is 129 cm³/mol. The molecule has 6 nitrogen and oxygen atoms in total. The van der Waals surface area contributed by atoms with E-state index in [0.29, 0.717) is 16.1 Å². The molecule has 0 spiro atoms. The largest absolute Gasteiger partial charge is 0.478 e. The highest BCUT2D eigenvalue weighted by molar-refractivity contribution is 6.36. The number of nitrogens with zero attached hydrogens (tertiary/aromatic N) is 2. The van der Waals surface area contributed by atoms with Gasteiger partial charge in [0.05, 0.1) is 10.5 Å². The van der Waals surface area contributed by atoms with Crippen LogP contribution in [-0.4, -0.2) is 26.7 Å². The lowest BCUT2D eigenvalue weighted by molar-refractivity contribution is -0.131. The Hall–Kier alpha value is -3.49. The van der Waals surface area contributed by atoms with Gasteiger partial charge >= 0.3 is 5.97 Å². The monoisotopic (exact) mass is 518 g/mol. The third-order valence-corrected chi connectivity index (χ3v) is 5.89. The van der Waals surface area contributed by atoms with E-state index >= 15 is 8.78 Å². The number of carboxylic acid groups (broad SMARTS) is 1. The predicted octanol–water partition coefficient (Wildman–Crippen LogP) is 7.04. The molecule has 180 valence electrons. The van der Waals surface area contributed by atoms with Gasteiger partial charge < -0.3 is 9.63 Å². The molecule has 0 atom stereocenters. The molecule has 0 radical (unpaired) electrons. The lowest BCUT2D eigenvalue weighted by Crippen LogP contribution is -2.18. The third-order valence-electron chi connectivity index (χ3n) is 5.37. The zero-order valence-corrected chi connectivity index (χ0v) is 20.2. The Labute approximate surface area is 208 Å². The SMILES string of the molecule is Cc1cc(Cl)cc(Cl)c1-c1noc(C(C)(C)F)c1C(=O)n1cc(F)c2c(/C=C/C(=O)O)cccc21. The summed E-state index contributed by atoms with van der Waals surface area (Å²) in [6.07, 6.45) is 3.04. The minimum absolute atomic E-state index is 0.0147. The van der Waals surface area contributed by atoms with Crippen molar-refractivity contribution in [3.63, 3.8) is 0 Å². The van der Waals surface area contributed by atoms with Crippen LogP contribution in [0.25, 0.3) is 28.2 Å². The summed E-state index contributed by atoms with van der Waals surface area (Å²) in [7, 11) is 0. The first kappa shape index (κ1) is 24.6. The summed E-state index contributed by atoms with van der Waals surface area (Å²) in [4.78, 5) is 24.7. The minimum atomic E-state index is -2.11. The number of alkyl halides is 1. The van der Waals surface area contributed by atoms with Crippen LogP contribution in [0.3, 0.4) is 0 Å². The van der Waals surface area contributed by atoms with Crippen LogP contribution in [0.2, 0.25) is 10.0 Å². The number of hydrogen-bond donors (Lipinski definition) is 1. The van der Waals surface area contributed by atoms with E-state index in [1.54, 1.807) is 19.1 Å². The number of aryl methyl sites for hydroxylation is 1. The molecule has 0 saturated carbocycles. The van der Waals surface area contributed by atoms with Gasteiger partial charge in [-0.25, -0.2) is 13.6 Å². The molecule has 2 aromatic carbocycles. The second-order valence-electron chi connectivity index (χ2n) is 8.35. The molecule has 35 heavy (non-hydrogen) atoms. The number of halogens is 4. The second-order valence-corrected chi connectivity index (χ2v) is 9.20. The van der Waals surface area contributed by atoms with Crippen LogP contribution in [0.15, 0.2) is 47.1 Å².